The molecule has 1 aromatic heterocycles. The Morgan fingerprint density at radius 2 is 2.00 bits per heavy atom. The van der Waals surface area contributed by atoms with Gasteiger partial charge in [0, 0.05) is 6.20 Å². The van der Waals surface area contributed by atoms with E-state index >= 15 is 0 Å². The van der Waals surface area contributed by atoms with Gasteiger partial charge in [-0.15, -0.1) is 0 Å². The largest absolute Gasteiger partial charge is 0.416 e. The van der Waals surface area contributed by atoms with Gasteiger partial charge in [0.1, 0.15) is 0 Å². The highest BCUT2D eigenvalue weighted by Gasteiger charge is 2.30. The van der Waals surface area contributed by atoms with Crippen molar-refractivity contribution in [2.45, 2.75) is 19.0 Å². The summed E-state index contributed by atoms with van der Waals surface area (Å²) in [7, 11) is 0. The fourth-order valence-corrected chi connectivity index (χ4v) is 1.60. The first kappa shape index (κ1) is 11.7. The third kappa shape index (κ3) is 3.09. The molecule has 0 amide bonds. The quantitative estimate of drug-likeness (QED) is 0.876. The van der Waals surface area contributed by atoms with Crippen molar-refractivity contribution in [3.63, 3.8) is 0 Å². The molecule has 1 heterocycles. The molecule has 0 aliphatic rings. The van der Waals surface area contributed by atoms with Crippen molar-refractivity contribution in [1.29, 1.82) is 0 Å². The Morgan fingerprint density at radius 1 is 1.18 bits per heavy atom. The standard InChI is InChI=1S/C12H11F3N2/c13-12(14,15)10-3-1-2-9(6-10)4-5-11-7-16-8-17-11/h1-3,6-8H,4-5H2,(H,16,17). The van der Waals surface area contributed by atoms with Crippen LogP contribution in [0.1, 0.15) is 16.8 Å². The predicted octanol–water partition coefficient (Wildman–Crippen LogP) is 3.21. The molecule has 1 aromatic carbocycles. The summed E-state index contributed by atoms with van der Waals surface area (Å²) in [5.74, 6) is 0. The van der Waals surface area contributed by atoms with E-state index in [1.165, 1.54) is 12.1 Å². The van der Waals surface area contributed by atoms with Crippen molar-refractivity contribution in [2.24, 2.45) is 0 Å². The van der Waals surface area contributed by atoms with Crippen LogP contribution in [0.15, 0.2) is 36.8 Å². The van der Waals surface area contributed by atoms with Crippen LogP contribution in [0, 0.1) is 0 Å². The summed E-state index contributed by atoms with van der Waals surface area (Å²) < 4.78 is 37.4. The molecule has 5 heteroatoms. The first-order valence-corrected chi connectivity index (χ1v) is 5.19. The van der Waals surface area contributed by atoms with Crippen LogP contribution < -0.4 is 0 Å². The van der Waals surface area contributed by atoms with E-state index in [0.29, 0.717) is 18.4 Å². The Balaban J connectivity index is 2.07. The molecule has 2 rings (SSSR count). The molecule has 0 saturated heterocycles. The minimum atomic E-state index is -4.28. The van der Waals surface area contributed by atoms with Crippen LogP contribution in [0.2, 0.25) is 0 Å². The number of benzene rings is 1. The Bertz CT molecular complexity index is 475. The smallest absolute Gasteiger partial charge is 0.351 e. The highest BCUT2D eigenvalue weighted by molar-refractivity contribution is 5.26. The normalized spacial score (nSPS) is 11.7. The van der Waals surface area contributed by atoms with E-state index in [0.717, 1.165) is 11.8 Å². The van der Waals surface area contributed by atoms with Gasteiger partial charge in [-0.05, 0) is 24.5 Å². The Kier molecular flexibility index (Phi) is 3.17. The lowest BCUT2D eigenvalue weighted by atomic mass is 10.1. The fraction of sp³-hybridized carbons (Fsp3) is 0.250. The first-order chi connectivity index (χ1) is 8.05. The van der Waals surface area contributed by atoms with E-state index in [1.807, 2.05) is 0 Å². The molecule has 0 radical (unpaired) electrons. The number of hydrogen-bond acceptors (Lipinski definition) is 1. The highest BCUT2D eigenvalue weighted by Crippen LogP contribution is 2.29. The van der Waals surface area contributed by atoms with Gasteiger partial charge in [0.25, 0.3) is 0 Å². The first-order valence-electron chi connectivity index (χ1n) is 5.19. The van der Waals surface area contributed by atoms with Crippen LogP contribution in [0.4, 0.5) is 13.2 Å². The number of alkyl halides is 3. The van der Waals surface area contributed by atoms with Crippen LogP contribution in [-0.4, -0.2) is 9.97 Å². The van der Waals surface area contributed by atoms with Crippen LogP contribution in [0.25, 0.3) is 0 Å². The summed E-state index contributed by atoms with van der Waals surface area (Å²) in [6, 6.07) is 5.40. The molecule has 0 aliphatic heterocycles. The Hall–Kier alpha value is -1.78. The average molecular weight is 240 g/mol. The van der Waals surface area contributed by atoms with Gasteiger partial charge in [-0.3, -0.25) is 0 Å². The van der Waals surface area contributed by atoms with E-state index in [-0.39, 0.29) is 0 Å². The van der Waals surface area contributed by atoms with Gasteiger partial charge < -0.3 is 4.98 Å². The number of nitrogens with one attached hydrogen (secondary N) is 1. The number of nitrogens with zero attached hydrogens (tertiary/aromatic N) is 1. The fourth-order valence-electron chi connectivity index (χ4n) is 1.60. The minimum absolute atomic E-state index is 0.550. The van der Waals surface area contributed by atoms with E-state index < -0.39 is 11.7 Å². The van der Waals surface area contributed by atoms with Crippen LogP contribution in [0.5, 0.6) is 0 Å². The second-order valence-corrected chi connectivity index (χ2v) is 3.76. The van der Waals surface area contributed by atoms with Crippen LogP contribution >= 0.6 is 0 Å². The maximum atomic E-state index is 12.5. The zero-order valence-electron chi connectivity index (χ0n) is 8.96. The van der Waals surface area contributed by atoms with Gasteiger partial charge in [-0.2, -0.15) is 13.2 Å². The third-order valence-electron chi connectivity index (χ3n) is 2.48. The summed E-state index contributed by atoms with van der Waals surface area (Å²) in [4.78, 5) is 6.84. The molecule has 0 atom stereocenters. The Morgan fingerprint density at radius 3 is 2.65 bits per heavy atom. The molecular formula is C12H11F3N2. The van der Waals surface area contributed by atoms with Gasteiger partial charge in [-0.1, -0.05) is 18.2 Å². The molecular weight excluding hydrogens is 229 g/mol. The van der Waals surface area contributed by atoms with Crippen molar-refractivity contribution >= 4 is 0 Å². The molecule has 0 bridgehead atoms. The molecule has 2 aromatic rings. The number of aromatic nitrogens is 2. The van der Waals surface area contributed by atoms with E-state index in [1.54, 1.807) is 18.6 Å². The molecule has 0 spiro atoms. The number of imidazole rings is 1. The lowest BCUT2D eigenvalue weighted by Gasteiger charge is -2.08. The number of hydrogen-bond donors (Lipinski definition) is 1. The second-order valence-electron chi connectivity index (χ2n) is 3.76. The average Bonchev–Trinajstić information content (AvgIpc) is 2.78. The van der Waals surface area contributed by atoms with Crippen molar-refractivity contribution in [2.75, 3.05) is 0 Å². The van der Waals surface area contributed by atoms with Gasteiger partial charge in [0.05, 0.1) is 17.6 Å². The molecule has 90 valence electrons. The molecule has 2 nitrogen and oxygen atoms in total. The third-order valence-corrected chi connectivity index (χ3v) is 2.48. The number of aromatic amines is 1. The summed E-state index contributed by atoms with van der Waals surface area (Å²) in [6.07, 6.45) is 0.205. The zero-order valence-corrected chi connectivity index (χ0v) is 8.96. The summed E-state index contributed by atoms with van der Waals surface area (Å²) in [6.45, 7) is 0. The summed E-state index contributed by atoms with van der Waals surface area (Å²) in [5.41, 5.74) is 0.919. The van der Waals surface area contributed by atoms with Gasteiger partial charge in [0.15, 0.2) is 0 Å². The highest BCUT2D eigenvalue weighted by atomic mass is 19.4. The van der Waals surface area contributed by atoms with Gasteiger partial charge in [-0.25, -0.2) is 4.98 Å². The van der Waals surface area contributed by atoms with Crippen molar-refractivity contribution in [3.8, 4) is 0 Å². The van der Waals surface area contributed by atoms with Crippen LogP contribution in [0.3, 0.4) is 0 Å². The molecule has 17 heavy (non-hydrogen) atoms. The number of H-pyrrole nitrogens is 1. The van der Waals surface area contributed by atoms with E-state index in [2.05, 4.69) is 9.97 Å². The molecule has 0 fully saturated rings. The lowest BCUT2D eigenvalue weighted by molar-refractivity contribution is -0.137. The van der Waals surface area contributed by atoms with Crippen LogP contribution in [-0.2, 0) is 19.0 Å². The van der Waals surface area contributed by atoms with Crippen molar-refractivity contribution < 1.29 is 13.2 Å². The Labute approximate surface area is 96.5 Å². The number of halogens is 3. The minimum Gasteiger partial charge on any atom is -0.351 e. The second kappa shape index (κ2) is 4.61. The van der Waals surface area contributed by atoms with Gasteiger partial charge >= 0.3 is 6.18 Å². The maximum Gasteiger partial charge on any atom is 0.416 e. The van der Waals surface area contributed by atoms with Crippen molar-refractivity contribution in [1.82, 2.24) is 9.97 Å². The molecule has 0 saturated carbocycles. The monoisotopic (exact) mass is 240 g/mol. The topological polar surface area (TPSA) is 28.7 Å². The van der Waals surface area contributed by atoms with E-state index in [9.17, 15) is 13.2 Å². The van der Waals surface area contributed by atoms with Gasteiger partial charge in [0.2, 0.25) is 0 Å². The lowest BCUT2D eigenvalue weighted by Crippen LogP contribution is -2.05. The molecule has 0 unspecified atom stereocenters. The SMILES string of the molecule is FC(F)(F)c1cccc(CCc2c[nH]cn2)c1. The number of rotatable bonds is 3. The predicted molar refractivity (Wildman–Crippen MR) is 57.4 cm³/mol. The maximum absolute atomic E-state index is 12.5. The number of aryl methyl sites for hydroxylation is 2. The molecule has 1 N–H and O–H groups in total. The van der Waals surface area contributed by atoms with Crippen molar-refractivity contribution in [3.05, 3.63) is 53.6 Å². The zero-order chi connectivity index (χ0) is 12.3. The molecule has 0 aliphatic carbocycles. The summed E-state index contributed by atoms with van der Waals surface area (Å²) in [5, 5.41) is 0. The summed E-state index contributed by atoms with van der Waals surface area (Å²) >= 11 is 0. The van der Waals surface area contributed by atoms with E-state index in [4.69, 9.17) is 0 Å².